The van der Waals surface area contributed by atoms with Crippen LogP contribution >= 0.6 is 0 Å². The molecular formula is C15H20N4O2. The molecule has 0 bridgehead atoms. The summed E-state index contributed by atoms with van der Waals surface area (Å²) < 4.78 is 0. The lowest BCUT2D eigenvalue weighted by Gasteiger charge is -2.28. The average molecular weight is 288 g/mol. The molecule has 2 fully saturated rings. The molecule has 2 heterocycles. The Morgan fingerprint density at radius 3 is 2.57 bits per heavy atom. The highest BCUT2D eigenvalue weighted by Gasteiger charge is 2.26. The highest BCUT2D eigenvalue weighted by atomic mass is 16.2. The predicted molar refractivity (Wildman–Crippen MR) is 80.7 cm³/mol. The van der Waals surface area contributed by atoms with Gasteiger partial charge in [0.05, 0.1) is 0 Å². The third-order valence-corrected chi connectivity index (χ3v) is 4.09. The van der Waals surface area contributed by atoms with E-state index >= 15 is 0 Å². The van der Waals surface area contributed by atoms with Crippen LogP contribution in [0.15, 0.2) is 18.2 Å². The van der Waals surface area contributed by atoms with Crippen molar-refractivity contribution < 1.29 is 9.59 Å². The summed E-state index contributed by atoms with van der Waals surface area (Å²) in [5.41, 5.74) is 2.39. The number of hydrogen-bond acceptors (Lipinski definition) is 3. The summed E-state index contributed by atoms with van der Waals surface area (Å²) in [5.74, 6) is 0.0513. The number of nitrogens with zero attached hydrogens (tertiary/aromatic N) is 2. The van der Waals surface area contributed by atoms with E-state index in [-0.39, 0.29) is 11.9 Å². The van der Waals surface area contributed by atoms with Crippen molar-refractivity contribution in [2.45, 2.75) is 6.92 Å². The van der Waals surface area contributed by atoms with Gasteiger partial charge in [0.15, 0.2) is 0 Å². The molecule has 2 aliphatic rings. The zero-order valence-corrected chi connectivity index (χ0v) is 12.2. The Hall–Kier alpha value is -2.08. The van der Waals surface area contributed by atoms with Crippen molar-refractivity contribution >= 4 is 17.6 Å². The Balaban J connectivity index is 1.89. The summed E-state index contributed by atoms with van der Waals surface area (Å²) in [6, 6.07) is 5.50. The van der Waals surface area contributed by atoms with E-state index in [0.29, 0.717) is 18.7 Å². The molecule has 112 valence electrons. The van der Waals surface area contributed by atoms with Crippen LogP contribution in [-0.4, -0.2) is 56.1 Å². The van der Waals surface area contributed by atoms with Gasteiger partial charge in [-0.05, 0) is 24.6 Å². The quantitative estimate of drug-likeness (QED) is 0.836. The molecule has 1 aromatic rings. The van der Waals surface area contributed by atoms with Gasteiger partial charge in [0.1, 0.15) is 0 Å². The second-order valence-corrected chi connectivity index (χ2v) is 5.38. The van der Waals surface area contributed by atoms with Gasteiger partial charge < -0.3 is 15.5 Å². The first-order valence-electron chi connectivity index (χ1n) is 7.33. The zero-order chi connectivity index (χ0) is 14.8. The van der Waals surface area contributed by atoms with Crippen molar-refractivity contribution in [3.05, 3.63) is 29.3 Å². The number of hydrogen-bond donors (Lipinski definition) is 2. The molecule has 3 amide bonds. The normalized spacial score (nSPS) is 18.8. The number of amides is 3. The number of rotatable bonds is 2. The monoisotopic (exact) mass is 288 g/mol. The molecule has 0 unspecified atom stereocenters. The molecule has 1 aromatic carbocycles. The lowest BCUT2D eigenvalue weighted by Crippen LogP contribution is -2.46. The van der Waals surface area contributed by atoms with Crippen LogP contribution < -0.4 is 15.5 Å². The highest BCUT2D eigenvalue weighted by Crippen LogP contribution is 2.25. The van der Waals surface area contributed by atoms with Crippen LogP contribution in [0.25, 0.3) is 0 Å². The molecule has 2 aliphatic heterocycles. The van der Waals surface area contributed by atoms with Gasteiger partial charge in [-0.15, -0.1) is 0 Å². The Kier molecular flexibility index (Phi) is 3.79. The molecule has 0 spiro atoms. The van der Waals surface area contributed by atoms with E-state index in [0.717, 1.165) is 37.4 Å². The Morgan fingerprint density at radius 1 is 1.14 bits per heavy atom. The van der Waals surface area contributed by atoms with Crippen LogP contribution in [0.4, 0.5) is 10.5 Å². The SMILES string of the molecule is Cc1c(C(=O)N2CCNCC2)cccc1N1CCNC1=O. The maximum atomic E-state index is 12.6. The fourth-order valence-corrected chi connectivity index (χ4v) is 2.89. The van der Waals surface area contributed by atoms with E-state index in [2.05, 4.69) is 10.6 Å². The fraction of sp³-hybridized carbons (Fsp3) is 0.467. The number of carbonyl (C=O) groups excluding carboxylic acids is 2. The second-order valence-electron chi connectivity index (χ2n) is 5.38. The molecule has 0 saturated carbocycles. The van der Waals surface area contributed by atoms with E-state index in [1.54, 1.807) is 4.90 Å². The van der Waals surface area contributed by atoms with Crippen LogP contribution in [0.1, 0.15) is 15.9 Å². The van der Waals surface area contributed by atoms with E-state index in [1.807, 2.05) is 30.0 Å². The topological polar surface area (TPSA) is 64.7 Å². The standard InChI is InChI=1S/C15H20N4O2/c1-11-12(14(20)18-8-5-16-6-9-18)3-2-4-13(11)19-10-7-17-15(19)21/h2-4,16H,5-10H2,1H3,(H,17,21). The Labute approximate surface area is 124 Å². The van der Waals surface area contributed by atoms with Crippen LogP contribution in [0.3, 0.4) is 0 Å². The van der Waals surface area contributed by atoms with Gasteiger partial charge in [-0.2, -0.15) is 0 Å². The zero-order valence-electron chi connectivity index (χ0n) is 12.2. The van der Waals surface area contributed by atoms with E-state index in [9.17, 15) is 9.59 Å². The van der Waals surface area contributed by atoms with Gasteiger partial charge in [-0.1, -0.05) is 6.07 Å². The predicted octanol–water partition coefficient (Wildman–Crippen LogP) is 0.570. The van der Waals surface area contributed by atoms with E-state index in [1.165, 1.54) is 0 Å². The number of anilines is 1. The fourth-order valence-electron chi connectivity index (χ4n) is 2.89. The van der Waals surface area contributed by atoms with Crippen molar-refractivity contribution in [3.63, 3.8) is 0 Å². The first kappa shape index (κ1) is 13.9. The lowest BCUT2D eigenvalue weighted by molar-refractivity contribution is 0.0735. The van der Waals surface area contributed by atoms with Crippen molar-refractivity contribution in [2.75, 3.05) is 44.2 Å². The minimum Gasteiger partial charge on any atom is -0.336 e. The number of nitrogens with one attached hydrogen (secondary N) is 2. The smallest absolute Gasteiger partial charge is 0.322 e. The van der Waals surface area contributed by atoms with Gasteiger partial charge >= 0.3 is 6.03 Å². The summed E-state index contributed by atoms with van der Waals surface area (Å²) in [4.78, 5) is 28.0. The van der Waals surface area contributed by atoms with Crippen molar-refractivity contribution in [1.82, 2.24) is 15.5 Å². The average Bonchev–Trinajstić information content (AvgIpc) is 2.94. The molecule has 0 aromatic heterocycles. The molecule has 0 radical (unpaired) electrons. The minimum atomic E-state index is -0.0927. The second kappa shape index (κ2) is 5.73. The summed E-state index contributed by atoms with van der Waals surface area (Å²) in [6.07, 6.45) is 0. The number of benzene rings is 1. The molecule has 0 atom stereocenters. The molecule has 3 rings (SSSR count). The maximum Gasteiger partial charge on any atom is 0.322 e. The van der Waals surface area contributed by atoms with Crippen LogP contribution in [-0.2, 0) is 0 Å². The number of urea groups is 1. The third-order valence-electron chi connectivity index (χ3n) is 4.09. The first-order valence-corrected chi connectivity index (χ1v) is 7.33. The van der Waals surface area contributed by atoms with Crippen LogP contribution in [0.2, 0.25) is 0 Å². The molecular weight excluding hydrogens is 268 g/mol. The summed E-state index contributed by atoms with van der Waals surface area (Å²) in [7, 11) is 0. The third kappa shape index (κ3) is 2.58. The Morgan fingerprint density at radius 2 is 1.90 bits per heavy atom. The van der Waals surface area contributed by atoms with Gasteiger partial charge in [-0.3, -0.25) is 9.69 Å². The van der Waals surface area contributed by atoms with Gasteiger partial charge in [0.2, 0.25) is 0 Å². The summed E-state index contributed by atoms with van der Waals surface area (Å²) in [6.45, 7) is 6.33. The van der Waals surface area contributed by atoms with Crippen molar-refractivity contribution in [1.29, 1.82) is 0 Å². The Bertz CT molecular complexity index is 567. The molecule has 6 nitrogen and oxygen atoms in total. The van der Waals surface area contributed by atoms with E-state index in [4.69, 9.17) is 0 Å². The molecule has 21 heavy (non-hydrogen) atoms. The molecule has 0 aliphatic carbocycles. The molecule has 2 saturated heterocycles. The van der Waals surface area contributed by atoms with E-state index < -0.39 is 0 Å². The first-order chi connectivity index (χ1) is 10.2. The number of piperazine rings is 1. The van der Waals surface area contributed by atoms with Crippen LogP contribution in [0, 0.1) is 6.92 Å². The van der Waals surface area contributed by atoms with Gasteiger partial charge in [0, 0.05) is 50.5 Å². The lowest BCUT2D eigenvalue weighted by atomic mass is 10.0. The largest absolute Gasteiger partial charge is 0.336 e. The maximum absolute atomic E-state index is 12.6. The summed E-state index contributed by atoms with van der Waals surface area (Å²) in [5, 5.41) is 6.03. The summed E-state index contributed by atoms with van der Waals surface area (Å²) >= 11 is 0. The molecule has 2 N–H and O–H groups in total. The van der Waals surface area contributed by atoms with Crippen molar-refractivity contribution in [3.8, 4) is 0 Å². The highest BCUT2D eigenvalue weighted by molar-refractivity contribution is 6.00. The van der Waals surface area contributed by atoms with Gasteiger partial charge in [0.25, 0.3) is 5.91 Å². The number of carbonyl (C=O) groups is 2. The minimum absolute atomic E-state index is 0.0513. The molecule has 6 heteroatoms. The van der Waals surface area contributed by atoms with Crippen LogP contribution in [0.5, 0.6) is 0 Å². The van der Waals surface area contributed by atoms with Crippen molar-refractivity contribution in [2.24, 2.45) is 0 Å². The van der Waals surface area contributed by atoms with Gasteiger partial charge in [-0.25, -0.2) is 4.79 Å².